The molecule has 2 unspecified atom stereocenters. The molecule has 0 spiro atoms. The summed E-state index contributed by atoms with van der Waals surface area (Å²) < 4.78 is 38.7. The van der Waals surface area contributed by atoms with E-state index >= 15 is 4.39 Å². The molecule has 2 heterocycles. The Balaban J connectivity index is 1.48. The van der Waals surface area contributed by atoms with Crippen LogP contribution >= 0.6 is 0 Å². The largest absolute Gasteiger partial charge is 0.444 e. The van der Waals surface area contributed by atoms with E-state index < -0.39 is 59.1 Å². The number of fused-ring (bicyclic) bond motifs is 1. The second-order valence-corrected chi connectivity index (χ2v) is 13.8. The van der Waals surface area contributed by atoms with E-state index in [0.29, 0.717) is 22.2 Å². The lowest BCUT2D eigenvalue weighted by Gasteiger charge is -2.32. The molecule has 0 bridgehead atoms. The minimum absolute atomic E-state index is 0.00247. The Hall–Kier alpha value is -4.90. The molecule has 1 N–H and O–H groups in total. The third-order valence-corrected chi connectivity index (χ3v) is 7.55. The van der Waals surface area contributed by atoms with Crippen LogP contribution in [-0.4, -0.2) is 88.6 Å². The van der Waals surface area contributed by atoms with Crippen molar-refractivity contribution in [2.75, 3.05) is 26.7 Å². The van der Waals surface area contributed by atoms with Gasteiger partial charge in [0.1, 0.15) is 23.1 Å². The minimum Gasteiger partial charge on any atom is -0.444 e. The van der Waals surface area contributed by atoms with Gasteiger partial charge in [0, 0.05) is 27.1 Å². The van der Waals surface area contributed by atoms with Crippen molar-refractivity contribution in [2.45, 2.75) is 77.4 Å². The molecule has 1 saturated heterocycles. The van der Waals surface area contributed by atoms with E-state index in [1.807, 2.05) is 6.07 Å². The molecule has 4 rings (SSSR count). The van der Waals surface area contributed by atoms with Crippen LogP contribution in [0.25, 0.3) is 22.2 Å². The smallest absolute Gasteiger partial charge is 0.419 e. The number of carbonyl (C=O) groups is 3. The van der Waals surface area contributed by atoms with Crippen molar-refractivity contribution in [1.29, 1.82) is 5.26 Å². The van der Waals surface area contributed by atoms with Crippen LogP contribution in [0.2, 0.25) is 0 Å². The first-order chi connectivity index (χ1) is 22.3. The van der Waals surface area contributed by atoms with Gasteiger partial charge in [-0.05, 0) is 76.4 Å². The fraction of sp³-hybridized carbons (Fsp3) is 0.500. The van der Waals surface area contributed by atoms with Crippen LogP contribution in [0.15, 0.2) is 45.6 Å². The minimum atomic E-state index is -1.22. The zero-order chi connectivity index (χ0) is 35.6. The molecule has 0 aliphatic carbocycles. The van der Waals surface area contributed by atoms with Crippen LogP contribution in [0.5, 0.6) is 0 Å². The highest BCUT2D eigenvalue weighted by Gasteiger charge is 2.37. The van der Waals surface area contributed by atoms with Gasteiger partial charge in [0.05, 0.1) is 30.8 Å². The summed E-state index contributed by atoms with van der Waals surface area (Å²) in [6, 6.07) is 9.79. The fourth-order valence-electron chi connectivity index (χ4n) is 5.03. The normalized spacial score (nSPS) is 17.6. The van der Waals surface area contributed by atoms with Gasteiger partial charge in [-0.1, -0.05) is 18.2 Å². The maximum Gasteiger partial charge on any atom is 0.419 e. The Morgan fingerprint density at radius 3 is 2.33 bits per heavy atom. The summed E-state index contributed by atoms with van der Waals surface area (Å²) in [4.78, 5) is 53.8. The lowest BCUT2D eigenvalue weighted by atomic mass is 10.00. The van der Waals surface area contributed by atoms with Crippen molar-refractivity contribution in [3.05, 3.63) is 58.3 Å². The SMILES string of the molecule is CN(C(=O)OC(C)(C)C)C1CO[C@H](C(=O)NC(C#N)Cc2ccc(-c3ccc4oc(=O)n(C)c4c3)cc2F)CN(C(=O)OC(C)(C)C)C1. The van der Waals surface area contributed by atoms with Crippen LogP contribution < -0.4 is 11.1 Å². The molecule has 48 heavy (non-hydrogen) atoms. The number of hydrogen-bond acceptors (Lipinski definition) is 9. The number of oxazole rings is 1. The average Bonchev–Trinajstić information content (AvgIpc) is 3.14. The van der Waals surface area contributed by atoms with Crippen LogP contribution in [0.3, 0.4) is 0 Å². The van der Waals surface area contributed by atoms with Gasteiger partial charge in [-0.25, -0.2) is 18.8 Å². The number of nitriles is 1. The zero-order valence-corrected chi connectivity index (χ0v) is 28.5. The van der Waals surface area contributed by atoms with Crippen molar-refractivity contribution < 1.29 is 37.4 Å². The van der Waals surface area contributed by atoms with Crippen LogP contribution in [0.1, 0.15) is 47.1 Å². The van der Waals surface area contributed by atoms with E-state index in [2.05, 4.69) is 5.32 Å². The molecule has 3 amide bonds. The first kappa shape index (κ1) is 35.9. The first-order valence-corrected chi connectivity index (χ1v) is 15.5. The van der Waals surface area contributed by atoms with Crippen LogP contribution in [0.4, 0.5) is 14.0 Å². The average molecular weight is 668 g/mol. The number of carbonyl (C=O) groups excluding carboxylic acids is 3. The molecule has 3 atom stereocenters. The number of hydrogen-bond donors (Lipinski definition) is 1. The van der Waals surface area contributed by atoms with E-state index in [1.165, 1.54) is 33.5 Å². The number of amides is 3. The lowest BCUT2D eigenvalue weighted by molar-refractivity contribution is -0.133. The number of likely N-dealkylation sites (N-methyl/N-ethyl adjacent to an activating group) is 1. The Bertz CT molecular complexity index is 1780. The van der Waals surface area contributed by atoms with E-state index in [1.54, 1.807) is 72.9 Å². The summed E-state index contributed by atoms with van der Waals surface area (Å²) in [5.41, 5.74) is 0.778. The molecule has 13 nitrogen and oxygen atoms in total. The maximum absolute atomic E-state index is 15.3. The molecule has 1 aliphatic rings. The molecule has 1 aliphatic heterocycles. The number of nitrogens with zero attached hydrogens (tertiary/aromatic N) is 4. The highest BCUT2D eigenvalue weighted by atomic mass is 19.1. The molecule has 0 saturated carbocycles. The van der Waals surface area contributed by atoms with Gasteiger partial charge < -0.3 is 33.7 Å². The Morgan fingerprint density at radius 1 is 1.06 bits per heavy atom. The quantitative estimate of drug-likeness (QED) is 0.404. The number of benzene rings is 2. The van der Waals surface area contributed by atoms with Gasteiger partial charge in [0.25, 0.3) is 5.91 Å². The topological polar surface area (TPSA) is 156 Å². The fourth-order valence-corrected chi connectivity index (χ4v) is 5.03. The molecule has 0 radical (unpaired) electrons. The van der Waals surface area contributed by atoms with Crippen molar-refractivity contribution in [3.8, 4) is 17.2 Å². The van der Waals surface area contributed by atoms with Crippen LogP contribution in [-0.2, 0) is 32.5 Å². The third kappa shape index (κ3) is 8.92. The van der Waals surface area contributed by atoms with Gasteiger partial charge in [-0.15, -0.1) is 0 Å². The molecule has 3 aromatic rings. The number of halogens is 1. The standard InChI is InChI=1S/C34H42FN5O8/c1-33(2,3)47-31(43)38(7)24-17-40(32(44)48-34(4,5)6)18-28(45-19-24)29(41)37-23(16-36)13-22-10-9-20(14-25(22)35)21-11-12-27-26(15-21)39(8)30(42)46-27/h9-12,14-15,23-24,28H,13,17-19H2,1-8H3,(H,37,41)/t23?,24?,28-/m0/s1. The van der Waals surface area contributed by atoms with E-state index in [-0.39, 0.29) is 31.7 Å². The lowest BCUT2D eigenvalue weighted by Crippen LogP contribution is -2.50. The predicted octanol–water partition coefficient (Wildman–Crippen LogP) is 4.36. The molecular weight excluding hydrogens is 625 g/mol. The third-order valence-electron chi connectivity index (χ3n) is 7.55. The second-order valence-electron chi connectivity index (χ2n) is 13.8. The summed E-state index contributed by atoms with van der Waals surface area (Å²) in [5.74, 6) is -1.78. The number of aryl methyl sites for hydroxylation is 1. The number of ether oxygens (including phenoxy) is 3. The summed E-state index contributed by atoms with van der Waals surface area (Å²) in [6.45, 7) is 9.98. The van der Waals surface area contributed by atoms with Crippen molar-refractivity contribution in [3.63, 3.8) is 0 Å². The predicted molar refractivity (Wildman–Crippen MR) is 173 cm³/mol. The number of nitrogens with one attached hydrogen (secondary N) is 1. The van der Waals surface area contributed by atoms with Gasteiger partial charge in [-0.2, -0.15) is 5.26 Å². The summed E-state index contributed by atoms with van der Waals surface area (Å²) in [7, 11) is 3.09. The summed E-state index contributed by atoms with van der Waals surface area (Å²) in [6.07, 6.45) is -2.70. The first-order valence-electron chi connectivity index (χ1n) is 15.5. The molecule has 1 fully saturated rings. The number of rotatable bonds is 6. The molecule has 1 aromatic heterocycles. The zero-order valence-electron chi connectivity index (χ0n) is 28.5. The van der Waals surface area contributed by atoms with E-state index in [0.717, 1.165) is 0 Å². The summed E-state index contributed by atoms with van der Waals surface area (Å²) >= 11 is 0. The molecular formula is C34H42FN5O8. The molecule has 2 aromatic carbocycles. The maximum atomic E-state index is 15.3. The highest BCUT2D eigenvalue weighted by molar-refractivity contribution is 5.83. The van der Waals surface area contributed by atoms with Gasteiger partial charge in [-0.3, -0.25) is 9.36 Å². The van der Waals surface area contributed by atoms with Gasteiger partial charge in [0.2, 0.25) is 0 Å². The Labute approximate surface area is 278 Å². The highest BCUT2D eigenvalue weighted by Crippen LogP contribution is 2.26. The van der Waals surface area contributed by atoms with Crippen LogP contribution in [0, 0.1) is 17.1 Å². The molecule has 14 heteroatoms. The monoisotopic (exact) mass is 667 g/mol. The van der Waals surface area contributed by atoms with Gasteiger partial charge in [0.15, 0.2) is 11.7 Å². The Kier molecular flexibility index (Phi) is 10.5. The second kappa shape index (κ2) is 14.1. The van der Waals surface area contributed by atoms with Crippen molar-refractivity contribution in [2.24, 2.45) is 7.05 Å². The number of aromatic nitrogens is 1. The van der Waals surface area contributed by atoms with Crippen molar-refractivity contribution >= 4 is 29.2 Å². The van der Waals surface area contributed by atoms with E-state index in [9.17, 15) is 24.4 Å². The van der Waals surface area contributed by atoms with Crippen molar-refractivity contribution in [1.82, 2.24) is 19.7 Å². The van der Waals surface area contributed by atoms with E-state index in [4.69, 9.17) is 18.6 Å². The Morgan fingerprint density at radius 2 is 1.71 bits per heavy atom. The summed E-state index contributed by atoms with van der Waals surface area (Å²) in [5, 5.41) is 12.5. The van der Waals surface area contributed by atoms with Gasteiger partial charge >= 0.3 is 17.9 Å². The molecule has 258 valence electrons.